The Hall–Kier alpha value is -2.55. The lowest BCUT2D eigenvalue weighted by atomic mass is 10.1. The molecule has 0 aliphatic heterocycles. The number of amides is 1. The predicted molar refractivity (Wildman–Crippen MR) is 91.1 cm³/mol. The quantitative estimate of drug-likeness (QED) is 0.717. The molecule has 0 aliphatic rings. The van der Waals surface area contributed by atoms with Crippen molar-refractivity contribution >= 4 is 33.5 Å². The van der Waals surface area contributed by atoms with E-state index in [1.807, 2.05) is 0 Å². The summed E-state index contributed by atoms with van der Waals surface area (Å²) in [4.78, 5) is 23.7. The van der Waals surface area contributed by atoms with E-state index in [4.69, 9.17) is 9.47 Å². The van der Waals surface area contributed by atoms with Crippen LogP contribution in [0, 0.1) is 0 Å². The molecule has 0 fully saturated rings. The highest BCUT2D eigenvalue weighted by atomic mass is 79.9. The van der Waals surface area contributed by atoms with Crippen LogP contribution in [0.2, 0.25) is 0 Å². The fraction of sp³-hybridized carbons (Fsp3) is 0.176. The van der Waals surface area contributed by atoms with E-state index >= 15 is 0 Å². The Balaban J connectivity index is 1.99. The fourth-order valence-corrected chi connectivity index (χ4v) is 2.57. The van der Waals surface area contributed by atoms with Gasteiger partial charge in [-0.15, -0.1) is 0 Å². The Kier molecular flexibility index (Phi) is 6.25. The number of carbonyl (C=O) groups excluding carboxylic acids is 2. The second-order valence-electron chi connectivity index (χ2n) is 5.02. The number of ether oxygens (including phenoxy) is 2. The molecule has 2 aromatic rings. The van der Waals surface area contributed by atoms with Gasteiger partial charge in [-0.25, -0.2) is 4.79 Å². The van der Waals surface area contributed by atoms with Crippen LogP contribution in [-0.2, 0) is 15.7 Å². The zero-order valence-electron chi connectivity index (χ0n) is 13.4. The van der Waals surface area contributed by atoms with Crippen LogP contribution >= 0.6 is 15.9 Å². The monoisotopic (exact) mass is 431 g/mol. The molecule has 138 valence electrons. The van der Waals surface area contributed by atoms with E-state index in [0.717, 1.165) is 12.1 Å². The van der Waals surface area contributed by atoms with Crippen LogP contribution in [0.5, 0.6) is 5.75 Å². The number of benzene rings is 2. The molecule has 26 heavy (non-hydrogen) atoms. The van der Waals surface area contributed by atoms with Crippen molar-refractivity contribution in [2.24, 2.45) is 0 Å². The predicted octanol–water partition coefficient (Wildman–Crippen LogP) is 4.27. The van der Waals surface area contributed by atoms with Gasteiger partial charge in [0.15, 0.2) is 6.61 Å². The molecule has 1 amide bonds. The molecule has 0 saturated heterocycles. The first kappa shape index (κ1) is 19.8. The minimum absolute atomic E-state index is 0.154. The van der Waals surface area contributed by atoms with E-state index in [1.165, 1.54) is 37.4 Å². The highest BCUT2D eigenvalue weighted by molar-refractivity contribution is 9.10. The van der Waals surface area contributed by atoms with Gasteiger partial charge in [-0.2, -0.15) is 13.2 Å². The zero-order chi connectivity index (χ0) is 19.3. The first-order valence-corrected chi connectivity index (χ1v) is 7.98. The van der Waals surface area contributed by atoms with Gasteiger partial charge >= 0.3 is 12.1 Å². The van der Waals surface area contributed by atoms with Crippen LogP contribution in [-0.4, -0.2) is 25.6 Å². The molecule has 0 bridgehead atoms. The molecule has 0 heterocycles. The average molecular weight is 432 g/mol. The molecule has 0 saturated carbocycles. The fourth-order valence-electron chi connectivity index (χ4n) is 2.03. The van der Waals surface area contributed by atoms with E-state index in [-0.39, 0.29) is 5.56 Å². The van der Waals surface area contributed by atoms with Gasteiger partial charge in [-0.3, -0.25) is 4.79 Å². The molecule has 0 unspecified atom stereocenters. The smallest absolute Gasteiger partial charge is 0.418 e. The van der Waals surface area contributed by atoms with Gasteiger partial charge in [0.1, 0.15) is 5.75 Å². The molecule has 1 N–H and O–H groups in total. The molecule has 5 nitrogen and oxygen atoms in total. The van der Waals surface area contributed by atoms with Crippen molar-refractivity contribution in [2.75, 3.05) is 19.0 Å². The van der Waals surface area contributed by atoms with Crippen LogP contribution in [0.25, 0.3) is 0 Å². The molecule has 0 aromatic heterocycles. The second kappa shape index (κ2) is 8.22. The van der Waals surface area contributed by atoms with E-state index < -0.39 is 35.9 Å². The number of para-hydroxylation sites is 1. The highest BCUT2D eigenvalue weighted by Gasteiger charge is 2.33. The summed E-state index contributed by atoms with van der Waals surface area (Å²) in [7, 11) is 1.46. The van der Waals surface area contributed by atoms with E-state index in [2.05, 4.69) is 21.2 Å². The molecule has 0 radical (unpaired) electrons. The van der Waals surface area contributed by atoms with Gasteiger partial charge in [0.25, 0.3) is 5.91 Å². The lowest BCUT2D eigenvalue weighted by molar-refractivity contribution is -0.137. The van der Waals surface area contributed by atoms with Crippen molar-refractivity contribution in [2.45, 2.75) is 6.18 Å². The zero-order valence-corrected chi connectivity index (χ0v) is 15.0. The van der Waals surface area contributed by atoms with Crippen molar-refractivity contribution in [3.05, 3.63) is 58.1 Å². The lowest BCUT2D eigenvalue weighted by Crippen LogP contribution is -2.22. The molecule has 0 atom stereocenters. The minimum atomic E-state index is -4.62. The third kappa shape index (κ3) is 4.98. The van der Waals surface area contributed by atoms with E-state index in [0.29, 0.717) is 10.2 Å². The van der Waals surface area contributed by atoms with Gasteiger partial charge < -0.3 is 14.8 Å². The van der Waals surface area contributed by atoms with Gasteiger partial charge in [0.05, 0.1) is 28.4 Å². The minimum Gasteiger partial charge on any atom is -0.496 e. The molecule has 0 aliphatic carbocycles. The Morgan fingerprint density at radius 2 is 1.85 bits per heavy atom. The van der Waals surface area contributed by atoms with Crippen molar-refractivity contribution in [3.8, 4) is 5.75 Å². The van der Waals surface area contributed by atoms with Crippen LogP contribution in [0.3, 0.4) is 0 Å². The number of halogens is 4. The van der Waals surface area contributed by atoms with Crippen LogP contribution in [0.15, 0.2) is 46.9 Å². The molecular formula is C17H13BrF3NO4. The van der Waals surface area contributed by atoms with Crippen LogP contribution < -0.4 is 10.1 Å². The summed E-state index contributed by atoms with van der Waals surface area (Å²) in [5, 5.41) is 2.09. The van der Waals surface area contributed by atoms with E-state index in [1.54, 1.807) is 0 Å². The summed E-state index contributed by atoms with van der Waals surface area (Å²) in [6.45, 7) is -0.728. The molecular weight excluding hydrogens is 419 g/mol. The van der Waals surface area contributed by atoms with Gasteiger partial charge in [0.2, 0.25) is 0 Å². The molecule has 2 rings (SSSR count). The first-order valence-electron chi connectivity index (χ1n) is 7.19. The maximum Gasteiger partial charge on any atom is 0.418 e. The maximum atomic E-state index is 12.9. The summed E-state index contributed by atoms with van der Waals surface area (Å²) in [5.74, 6) is -1.18. The third-order valence-corrected chi connectivity index (χ3v) is 3.85. The third-order valence-electron chi connectivity index (χ3n) is 3.23. The Morgan fingerprint density at radius 1 is 1.15 bits per heavy atom. The number of rotatable bonds is 5. The Bertz CT molecular complexity index is 824. The number of alkyl halides is 3. The number of hydrogen-bond donors (Lipinski definition) is 1. The number of nitrogens with one attached hydrogen (secondary N) is 1. The second-order valence-corrected chi connectivity index (χ2v) is 5.87. The summed E-state index contributed by atoms with van der Waals surface area (Å²) >= 11 is 3.21. The summed E-state index contributed by atoms with van der Waals surface area (Å²) in [6.07, 6.45) is -4.62. The van der Waals surface area contributed by atoms with Crippen molar-refractivity contribution in [1.82, 2.24) is 0 Å². The first-order chi connectivity index (χ1) is 12.2. The van der Waals surface area contributed by atoms with Gasteiger partial charge in [0, 0.05) is 0 Å². The highest BCUT2D eigenvalue weighted by Crippen LogP contribution is 2.34. The summed E-state index contributed by atoms with van der Waals surface area (Å²) in [6, 6.07) is 8.92. The maximum absolute atomic E-state index is 12.9. The summed E-state index contributed by atoms with van der Waals surface area (Å²) < 4.78 is 49.0. The lowest BCUT2D eigenvalue weighted by Gasteiger charge is -2.13. The number of methoxy groups -OCH3 is 1. The number of esters is 1. The van der Waals surface area contributed by atoms with Crippen molar-refractivity contribution < 1.29 is 32.2 Å². The number of anilines is 1. The SMILES string of the molecule is COc1ccc(C(=O)OCC(=O)Nc2ccccc2C(F)(F)F)cc1Br. The molecule has 2 aromatic carbocycles. The molecule has 0 spiro atoms. The van der Waals surface area contributed by atoms with Crippen molar-refractivity contribution in [1.29, 1.82) is 0 Å². The standard InChI is InChI=1S/C17H13BrF3NO4/c1-25-14-7-6-10(8-12(14)18)16(24)26-9-15(23)22-13-5-3-2-4-11(13)17(19,20)21/h2-8H,9H2,1H3,(H,22,23). The topological polar surface area (TPSA) is 64.6 Å². The normalized spacial score (nSPS) is 11.0. The van der Waals surface area contributed by atoms with Gasteiger partial charge in [-0.05, 0) is 46.3 Å². The van der Waals surface area contributed by atoms with Crippen molar-refractivity contribution in [3.63, 3.8) is 0 Å². The van der Waals surface area contributed by atoms with Crippen LogP contribution in [0.4, 0.5) is 18.9 Å². The number of hydrogen-bond acceptors (Lipinski definition) is 4. The Morgan fingerprint density at radius 3 is 2.46 bits per heavy atom. The van der Waals surface area contributed by atoms with Gasteiger partial charge in [-0.1, -0.05) is 12.1 Å². The van der Waals surface area contributed by atoms with Crippen LogP contribution in [0.1, 0.15) is 15.9 Å². The summed E-state index contributed by atoms with van der Waals surface area (Å²) in [5.41, 5.74) is -1.24. The molecule has 9 heteroatoms. The average Bonchev–Trinajstić information content (AvgIpc) is 2.59. The Labute approximate surface area is 155 Å². The van der Waals surface area contributed by atoms with E-state index in [9.17, 15) is 22.8 Å². The number of carbonyl (C=O) groups is 2. The largest absolute Gasteiger partial charge is 0.496 e.